The van der Waals surface area contributed by atoms with Crippen LogP contribution in [-0.2, 0) is 0 Å². The molecular formula is C11H20N2. The molecule has 1 fully saturated rings. The highest BCUT2D eigenvalue weighted by molar-refractivity contribution is 5.06. The molecule has 0 aromatic rings. The standard InChI is InChI=1S/C11H20N2/c1-9(2)6-7-11(3,8-12)13-10-4-5-10/h9-10,13H,4-7H2,1-3H3. The van der Waals surface area contributed by atoms with Gasteiger partial charge >= 0.3 is 0 Å². The highest BCUT2D eigenvalue weighted by Gasteiger charge is 2.32. The minimum Gasteiger partial charge on any atom is -0.297 e. The predicted molar refractivity (Wildman–Crippen MR) is 54.2 cm³/mol. The van der Waals surface area contributed by atoms with Crippen molar-refractivity contribution < 1.29 is 0 Å². The second kappa shape index (κ2) is 4.11. The van der Waals surface area contributed by atoms with E-state index in [2.05, 4.69) is 25.2 Å². The quantitative estimate of drug-likeness (QED) is 0.705. The summed E-state index contributed by atoms with van der Waals surface area (Å²) in [4.78, 5) is 0. The topological polar surface area (TPSA) is 35.8 Å². The third-order valence-corrected chi connectivity index (χ3v) is 2.57. The van der Waals surface area contributed by atoms with Gasteiger partial charge in [0.2, 0.25) is 0 Å². The molecule has 2 heteroatoms. The Labute approximate surface area is 81.3 Å². The summed E-state index contributed by atoms with van der Waals surface area (Å²) in [5, 5.41) is 12.5. The average molecular weight is 180 g/mol. The normalized spacial score (nSPS) is 21.2. The average Bonchev–Trinajstić information content (AvgIpc) is 2.85. The summed E-state index contributed by atoms with van der Waals surface area (Å²) in [5.74, 6) is 0.689. The molecule has 1 N–H and O–H groups in total. The van der Waals surface area contributed by atoms with E-state index in [1.807, 2.05) is 6.92 Å². The summed E-state index contributed by atoms with van der Waals surface area (Å²) in [6.45, 7) is 6.43. The second-order valence-corrected chi connectivity index (χ2v) is 4.80. The molecule has 1 aliphatic carbocycles. The van der Waals surface area contributed by atoms with E-state index >= 15 is 0 Å². The zero-order valence-electron chi connectivity index (χ0n) is 8.93. The maximum atomic E-state index is 9.06. The van der Waals surface area contributed by atoms with Crippen molar-refractivity contribution in [2.24, 2.45) is 5.92 Å². The van der Waals surface area contributed by atoms with E-state index in [-0.39, 0.29) is 5.54 Å². The molecule has 74 valence electrons. The van der Waals surface area contributed by atoms with Gasteiger partial charge in [0, 0.05) is 6.04 Å². The van der Waals surface area contributed by atoms with Crippen LogP contribution in [-0.4, -0.2) is 11.6 Å². The van der Waals surface area contributed by atoms with Gasteiger partial charge in [-0.15, -0.1) is 0 Å². The summed E-state index contributed by atoms with van der Waals surface area (Å²) >= 11 is 0. The van der Waals surface area contributed by atoms with Crippen LogP contribution >= 0.6 is 0 Å². The van der Waals surface area contributed by atoms with Gasteiger partial charge in [-0.05, 0) is 38.5 Å². The molecular weight excluding hydrogens is 160 g/mol. The summed E-state index contributed by atoms with van der Waals surface area (Å²) in [5.41, 5.74) is -0.286. The minimum absolute atomic E-state index is 0.286. The molecule has 0 saturated heterocycles. The molecule has 1 rings (SSSR count). The Morgan fingerprint density at radius 3 is 2.54 bits per heavy atom. The van der Waals surface area contributed by atoms with Crippen molar-refractivity contribution in [2.45, 2.75) is 58.0 Å². The Hall–Kier alpha value is -0.550. The first-order chi connectivity index (χ1) is 6.06. The Kier molecular flexibility index (Phi) is 3.33. The van der Waals surface area contributed by atoms with Gasteiger partial charge in [-0.25, -0.2) is 0 Å². The summed E-state index contributed by atoms with van der Waals surface area (Å²) < 4.78 is 0. The maximum absolute atomic E-state index is 9.06. The molecule has 0 amide bonds. The third kappa shape index (κ3) is 3.78. The van der Waals surface area contributed by atoms with Gasteiger partial charge in [0.25, 0.3) is 0 Å². The van der Waals surface area contributed by atoms with E-state index in [4.69, 9.17) is 5.26 Å². The lowest BCUT2D eigenvalue weighted by Gasteiger charge is -2.24. The van der Waals surface area contributed by atoms with E-state index in [1.165, 1.54) is 12.8 Å². The van der Waals surface area contributed by atoms with Crippen LogP contribution in [0.4, 0.5) is 0 Å². The zero-order chi connectivity index (χ0) is 9.90. The van der Waals surface area contributed by atoms with Crippen molar-refractivity contribution in [2.75, 3.05) is 0 Å². The lowest BCUT2D eigenvalue weighted by Crippen LogP contribution is -2.42. The molecule has 0 heterocycles. The van der Waals surface area contributed by atoms with Gasteiger partial charge in [0.1, 0.15) is 5.54 Å². The van der Waals surface area contributed by atoms with Crippen LogP contribution in [0.3, 0.4) is 0 Å². The number of nitrogens with one attached hydrogen (secondary N) is 1. The van der Waals surface area contributed by atoms with Crippen molar-refractivity contribution in [3.05, 3.63) is 0 Å². The van der Waals surface area contributed by atoms with Crippen LogP contribution in [0, 0.1) is 17.2 Å². The van der Waals surface area contributed by atoms with Crippen molar-refractivity contribution in [1.82, 2.24) is 5.32 Å². The second-order valence-electron chi connectivity index (χ2n) is 4.80. The van der Waals surface area contributed by atoms with Crippen LogP contribution in [0.2, 0.25) is 0 Å². The van der Waals surface area contributed by atoms with Crippen LogP contribution in [0.15, 0.2) is 0 Å². The van der Waals surface area contributed by atoms with Gasteiger partial charge < -0.3 is 0 Å². The van der Waals surface area contributed by atoms with Crippen LogP contribution < -0.4 is 5.32 Å². The Balaban J connectivity index is 2.34. The molecule has 0 spiro atoms. The summed E-state index contributed by atoms with van der Waals surface area (Å²) in [6.07, 6.45) is 4.60. The number of nitriles is 1. The van der Waals surface area contributed by atoms with Crippen molar-refractivity contribution in [3.8, 4) is 6.07 Å². The predicted octanol–water partition coefficient (Wildman–Crippen LogP) is 2.46. The fourth-order valence-electron chi connectivity index (χ4n) is 1.42. The molecule has 1 atom stereocenters. The molecule has 0 radical (unpaired) electrons. The first-order valence-corrected chi connectivity index (χ1v) is 5.25. The smallest absolute Gasteiger partial charge is 0.104 e. The van der Waals surface area contributed by atoms with Gasteiger partial charge in [0.05, 0.1) is 6.07 Å². The van der Waals surface area contributed by atoms with Gasteiger partial charge in [0.15, 0.2) is 0 Å². The van der Waals surface area contributed by atoms with E-state index in [0.717, 1.165) is 12.8 Å². The Morgan fingerprint density at radius 2 is 2.15 bits per heavy atom. The fourth-order valence-corrected chi connectivity index (χ4v) is 1.42. The Bertz CT molecular complexity index is 201. The molecule has 0 aromatic heterocycles. The number of nitrogens with zero attached hydrogens (tertiary/aromatic N) is 1. The lowest BCUT2D eigenvalue weighted by atomic mass is 9.93. The van der Waals surface area contributed by atoms with Crippen molar-refractivity contribution >= 4 is 0 Å². The number of rotatable bonds is 5. The van der Waals surface area contributed by atoms with Crippen LogP contribution in [0.25, 0.3) is 0 Å². The molecule has 0 aliphatic heterocycles. The molecule has 1 aliphatic rings. The highest BCUT2D eigenvalue weighted by Crippen LogP contribution is 2.25. The molecule has 13 heavy (non-hydrogen) atoms. The van der Waals surface area contributed by atoms with Gasteiger partial charge in [-0.2, -0.15) is 5.26 Å². The molecule has 1 unspecified atom stereocenters. The van der Waals surface area contributed by atoms with Gasteiger partial charge in [-0.1, -0.05) is 13.8 Å². The summed E-state index contributed by atoms with van der Waals surface area (Å²) in [7, 11) is 0. The van der Waals surface area contributed by atoms with Crippen LogP contribution in [0.1, 0.15) is 46.5 Å². The minimum atomic E-state index is -0.286. The largest absolute Gasteiger partial charge is 0.297 e. The highest BCUT2D eigenvalue weighted by atomic mass is 15.0. The summed E-state index contributed by atoms with van der Waals surface area (Å²) in [6, 6.07) is 3.02. The van der Waals surface area contributed by atoms with Crippen molar-refractivity contribution in [3.63, 3.8) is 0 Å². The first-order valence-electron chi connectivity index (χ1n) is 5.25. The van der Waals surface area contributed by atoms with E-state index in [1.54, 1.807) is 0 Å². The fraction of sp³-hybridized carbons (Fsp3) is 0.909. The molecule has 2 nitrogen and oxygen atoms in total. The van der Waals surface area contributed by atoms with Gasteiger partial charge in [-0.3, -0.25) is 5.32 Å². The molecule has 0 bridgehead atoms. The van der Waals surface area contributed by atoms with E-state index < -0.39 is 0 Å². The molecule has 0 aromatic carbocycles. The van der Waals surface area contributed by atoms with Crippen LogP contribution in [0.5, 0.6) is 0 Å². The van der Waals surface area contributed by atoms with Crippen molar-refractivity contribution in [1.29, 1.82) is 5.26 Å². The maximum Gasteiger partial charge on any atom is 0.104 e. The third-order valence-electron chi connectivity index (χ3n) is 2.57. The zero-order valence-corrected chi connectivity index (χ0v) is 8.93. The van der Waals surface area contributed by atoms with E-state index in [0.29, 0.717) is 12.0 Å². The monoisotopic (exact) mass is 180 g/mol. The first kappa shape index (κ1) is 10.5. The SMILES string of the molecule is CC(C)CCC(C)(C#N)NC1CC1. The Morgan fingerprint density at radius 1 is 1.54 bits per heavy atom. The molecule has 1 saturated carbocycles. The van der Waals surface area contributed by atoms with E-state index in [9.17, 15) is 0 Å². The lowest BCUT2D eigenvalue weighted by molar-refractivity contribution is 0.376. The number of hydrogen-bond acceptors (Lipinski definition) is 2. The number of hydrogen-bond donors (Lipinski definition) is 1.